The van der Waals surface area contributed by atoms with Gasteiger partial charge in [-0.25, -0.2) is 4.79 Å². The molecule has 5 heteroatoms. The summed E-state index contributed by atoms with van der Waals surface area (Å²) >= 11 is 0. The maximum Gasteiger partial charge on any atom is 0.319 e. The number of anilines is 2. The molecule has 1 fully saturated rings. The predicted molar refractivity (Wildman–Crippen MR) is 91.7 cm³/mol. The van der Waals surface area contributed by atoms with Crippen LogP contribution in [0.25, 0.3) is 0 Å². The molecule has 0 unspecified atom stereocenters. The number of nitrogens with zero attached hydrogens (tertiary/aromatic N) is 1. The monoisotopic (exact) mass is 315 g/mol. The van der Waals surface area contributed by atoms with Crippen molar-refractivity contribution in [2.24, 2.45) is 11.8 Å². The van der Waals surface area contributed by atoms with Crippen LogP contribution in [0.3, 0.4) is 0 Å². The van der Waals surface area contributed by atoms with E-state index < -0.39 is 0 Å². The van der Waals surface area contributed by atoms with Gasteiger partial charge in [0.1, 0.15) is 0 Å². The third-order valence-electron chi connectivity index (χ3n) is 4.32. The average molecular weight is 315 g/mol. The summed E-state index contributed by atoms with van der Waals surface area (Å²) in [6, 6.07) is 5.66. The third kappa shape index (κ3) is 3.84. The molecular weight excluding hydrogens is 290 g/mol. The van der Waals surface area contributed by atoms with E-state index in [2.05, 4.69) is 24.5 Å². The van der Waals surface area contributed by atoms with Crippen LogP contribution in [0, 0.1) is 11.8 Å². The van der Waals surface area contributed by atoms with Gasteiger partial charge >= 0.3 is 6.03 Å². The molecule has 3 rings (SSSR count). The standard InChI is InChI=1S/C18H25N3O2/c1-12(2)11-19-18(23)20-15-7-8-16-14(10-15)4-3-9-21(16)17(22)13-5-6-13/h7-8,10,12-13H,3-6,9,11H2,1-2H3,(H2,19,20,23). The van der Waals surface area contributed by atoms with Gasteiger partial charge < -0.3 is 15.5 Å². The highest BCUT2D eigenvalue weighted by Gasteiger charge is 2.35. The lowest BCUT2D eigenvalue weighted by molar-refractivity contribution is -0.119. The summed E-state index contributed by atoms with van der Waals surface area (Å²) in [4.78, 5) is 26.2. The highest BCUT2D eigenvalue weighted by molar-refractivity contribution is 5.98. The lowest BCUT2D eigenvalue weighted by atomic mass is 10.0. The molecule has 2 aliphatic rings. The van der Waals surface area contributed by atoms with Gasteiger partial charge in [-0.1, -0.05) is 13.8 Å². The molecule has 0 atom stereocenters. The molecule has 1 aromatic carbocycles. The molecule has 0 saturated heterocycles. The lowest BCUT2D eigenvalue weighted by Gasteiger charge is -2.30. The molecule has 0 aromatic heterocycles. The van der Waals surface area contributed by atoms with E-state index in [1.807, 2.05) is 23.1 Å². The first-order chi connectivity index (χ1) is 11.0. The first-order valence-corrected chi connectivity index (χ1v) is 8.53. The number of urea groups is 1. The first kappa shape index (κ1) is 15.8. The van der Waals surface area contributed by atoms with Gasteiger partial charge in [0.2, 0.25) is 5.91 Å². The third-order valence-corrected chi connectivity index (χ3v) is 4.32. The highest BCUT2D eigenvalue weighted by atomic mass is 16.2. The molecule has 0 spiro atoms. The summed E-state index contributed by atoms with van der Waals surface area (Å²) in [7, 11) is 0. The maximum absolute atomic E-state index is 12.4. The van der Waals surface area contributed by atoms with E-state index in [9.17, 15) is 9.59 Å². The largest absolute Gasteiger partial charge is 0.338 e. The van der Waals surface area contributed by atoms with Crippen molar-refractivity contribution in [3.63, 3.8) is 0 Å². The predicted octanol–water partition coefficient (Wildman–Crippen LogP) is 3.15. The topological polar surface area (TPSA) is 61.4 Å². The summed E-state index contributed by atoms with van der Waals surface area (Å²) in [5.41, 5.74) is 2.94. The smallest absolute Gasteiger partial charge is 0.319 e. The number of hydrogen-bond acceptors (Lipinski definition) is 2. The zero-order valence-electron chi connectivity index (χ0n) is 13.9. The van der Waals surface area contributed by atoms with Crippen LogP contribution in [0.1, 0.15) is 38.7 Å². The highest BCUT2D eigenvalue weighted by Crippen LogP contribution is 2.36. The van der Waals surface area contributed by atoms with Crippen molar-refractivity contribution in [3.8, 4) is 0 Å². The number of rotatable bonds is 4. The molecule has 23 heavy (non-hydrogen) atoms. The van der Waals surface area contributed by atoms with Crippen molar-refractivity contribution in [1.82, 2.24) is 5.32 Å². The maximum atomic E-state index is 12.4. The van der Waals surface area contributed by atoms with Crippen molar-refractivity contribution < 1.29 is 9.59 Å². The molecule has 1 aliphatic heterocycles. The van der Waals surface area contributed by atoms with Crippen LogP contribution in [-0.2, 0) is 11.2 Å². The van der Waals surface area contributed by atoms with Gasteiger partial charge in [-0.2, -0.15) is 0 Å². The van der Waals surface area contributed by atoms with Crippen LogP contribution in [0.15, 0.2) is 18.2 Å². The van der Waals surface area contributed by atoms with Crippen molar-refractivity contribution in [2.75, 3.05) is 23.3 Å². The van der Waals surface area contributed by atoms with Crippen molar-refractivity contribution in [1.29, 1.82) is 0 Å². The molecule has 0 bridgehead atoms. The number of carbonyl (C=O) groups is 2. The number of hydrogen-bond donors (Lipinski definition) is 2. The van der Waals surface area contributed by atoms with Gasteiger partial charge in [0.15, 0.2) is 0 Å². The Balaban J connectivity index is 1.69. The Labute approximate surface area is 137 Å². The molecular formula is C18H25N3O2. The first-order valence-electron chi connectivity index (χ1n) is 8.53. The minimum absolute atomic E-state index is 0.180. The number of fused-ring (bicyclic) bond motifs is 1. The lowest BCUT2D eigenvalue weighted by Crippen LogP contribution is -2.36. The Morgan fingerprint density at radius 2 is 2.09 bits per heavy atom. The number of nitrogens with one attached hydrogen (secondary N) is 2. The summed E-state index contributed by atoms with van der Waals surface area (Å²) < 4.78 is 0. The Hall–Kier alpha value is -2.04. The normalized spacial score (nSPS) is 16.9. The molecule has 1 saturated carbocycles. The molecule has 0 radical (unpaired) electrons. The molecule has 1 aromatic rings. The quantitative estimate of drug-likeness (QED) is 0.896. The Morgan fingerprint density at radius 3 is 2.78 bits per heavy atom. The van der Waals surface area contributed by atoms with Crippen LogP contribution < -0.4 is 15.5 Å². The summed E-state index contributed by atoms with van der Waals surface area (Å²) in [6.45, 7) is 5.58. The van der Waals surface area contributed by atoms with Gasteiger partial charge in [0.05, 0.1) is 0 Å². The SMILES string of the molecule is CC(C)CNC(=O)Nc1ccc2c(c1)CCCN2C(=O)C1CC1. The van der Waals surface area contributed by atoms with E-state index in [0.717, 1.165) is 49.2 Å². The van der Waals surface area contributed by atoms with Crippen molar-refractivity contribution in [3.05, 3.63) is 23.8 Å². The van der Waals surface area contributed by atoms with E-state index >= 15 is 0 Å². The second-order valence-corrected chi connectivity index (χ2v) is 6.94. The summed E-state index contributed by atoms with van der Waals surface area (Å²) in [6.07, 6.45) is 3.99. The Morgan fingerprint density at radius 1 is 1.30 bits per heavy atom. The van der Waals surface area contributed by atoms with Crippen LogP contribution in [0.4, 0.5) is 16.2 Å². The molecule has 2 N–H and O–H groups in total. The van der Waals surface area contributed by atoms with Crippen LogP contribution in [0.5, 0.6) is 0 Å². The van der Waals surface area contributed by atoms with E-state index in [0.29, 0.717) is 12.5 Å². The van der Waals surface area contributed by atoms with E-state index in [1.54, 1.807) is 0 Å². The average Bonchev–Trinajstić information content (AvgIpc) is 3.36. The van der Waals surface area contributed by atoms with Gasteiger partial charge in [-0.15, -0.1) is 0 Å². The summed E-state index contributed by atoms with van der Waals surface area (Å²) in [5, 5.41) is 5.72. The van der Waals surface area contributed by atoms with E-state index in [4.69, 9.17) is 0 Å². The van der Waals surface area contributed by atoms with Crippen molar-refractivity contribution in [2.45, 2.75) is 39.5 Å². The second kappa shape index (κ2) is 6.60. The fourth-order valence-electron chi connectivity index (χ4n) is 2.93. The molecule has 3 amide bonds. The van der Waals surface area contributed by atoms with Crippen LogP contribution in [0.2, 0.25) is 0 Å². The van der Waals surface area contributed by atoms with E-state index in [-0.39, 0.29) is 17.9 Å². The van der Waals surface area contributed by atoms with E-state index in [1.165, 1.54) is 0 Å². The van der Waals surface area contributed by atoms with Gasteiger partial charge in [-0.3, -0.25) is 4.79 Å². The Bertz CT molecular complexity index is 608. The number of amides is 3. The van der Waals surface area contributed by atoms with Crippen LogP contribution >= 0.6 is 0 Å². The minimum Gasteiger partial charge on any atom is -0.338 e. The van der Waals surface area contributed by atoms with Gasteiger partial charge in [0.25, 0.3) is 0 Å². The fourth-order valence-corrected chi connectivity index (χ4v) is 2.93. The molecule has 124 valence electrons. The zero-order chi connectivity index (χ0) is 16.4. The molecule has 1 aliphatic carbocycles. The summed E-state index contributed by atoms with van der Waals surface area (Å²) in [5.74, 6) is 0.924. The second-order valence-electron chi connectivity index (χ2n) is 6.94. The van der Waals surface area contributed by atoms with Crippen LogP contribution in [-0.4, -0.2) is 25.0 Å². The number of aryl methyl sites for hydroxylation is 1. The zero-order valence-corrected chi connectivity index (χ0v) is 13.9. The fraction of sp³-hybridized carbons (Fsp3) is 0.556. The molecule has 5 nitrogen and oxygen atoms in total. The van der Waals surface area contributed by atoms with Gasteiger partial charge in [-0.05, 0) is 55.4 Å². The minimum atomic E-state index is -0.180. The molecule has 1 heterocycles. The Kier molecular flexibility index (Phi) is 4.55. The number of benzene rings is 1. The van der Waals surface area contributed by atoms with Crippen molar-refractivity contribution >= 4 is 23.3 Å². The number of carbonyl (C=O) groups excluding carboxylic acids is 2. The van der Waals surface area contributed by atoms with Gasteiger partial charge in [0, 0.05) is 30.4 Å².